The Morgan fingerprint density at radius 3 is 1.82 bits per heavy atom. The molecule has 0 aliphatic carbocycles. The summed E-state index contributed by atoms with van der Waals surface area (Å²) < 4.78 is 39.6. The van der Waals surface area contributed by atoms with E-state index in [-0.39, 0.29) is 6.61 Å². The number of ether oxygens (including phenoxy) is 2. The van der Waals surface area contributed by atoms with Gasteiger partial charge in [0.15, 0.2) is 33.3 Å². The quantitative estimate of drug-likeness (QED) is 0.197. The van der Waals surface area contributed by atoms with E-state index in [2.05, 4.69) is 78.6 Å². The highest BCUT2D eigenvalue weighted by Gasteiger charge is 2.59. The molecule has 0 saturated carbocycles. The Labute approximate surface area is 281 Å². The molecule has 1 aliphatic heterocycles. The van der Waals surface area contributed by atoms with Gasteiger partial charge in [-0.05, 0) is 127 Å². The summed E-state index contributed by atoms with van der Waals surface area (Å²) >= 11 is 6.77. The van der Waals surface area contributed by atoms with E-state index in [4.69, 9.17) is 38.8 Å². The average molecular weight is 714 g/mol. The van der Waals surface area contributed by atoms with Crippen molar-refractivity contribution < 1.29 is 32.3 Å². The summed E-state index contributed by atoms with van der Waals surface area (Å²) in [5.74, 6) is -1.01. The second-order valence-electron chi connectivity index (χ2n) is 15.9. The molecule has 0 radical (unpaired) electrons. The fourth-order valence-corrected chi connectivity index (χ4v) is 9.38. The number of benzene rings is 2. The molecule has 3 rings (SSSR count). The number of hydrogen-bond acceptors (Lipinski definition) is 7. The van der Waals surface area contributed by atoms with Crippen LogP contribution in [-0.4, -0.2) is 76.0 Å². The van der Waals surface area contributed by atoms with Gasteiger partial charge in [0.1, 0.15) is 30.2 Å². The zero-order valence-corrected chi connectivity index (χ0v) is 34.5. The maximum atomic E-state index is 12.9. The first-order valence-corrected chi connectivity index (χ1v) is 30.1. The highest BCUT2D eigenvalue weighted by atomic mass is 35.5. The molecule has 2 aromatic carbocycles. The van der Waals surface area contributed by atoms with E-state index < -0.39 is 63.5 Å². The van der Waals surface area contributed by atoms with Crippen LogP contribution >= 0.6 is 11.6 Å². The van der Waals surface area contributed by atoms with E-state index in [1.54, 1.807) is 0 Å². The Morgan fingerprint density at radius 2 is 1.31 bits per heavy atom. The first kappa shape index (κ1) is 38.6. The molecule has 45 heavy (non-hydrogen) atoms. The lowest BCUT2D eigenvalue weighted by atomic mass is 9.87. The zero-order valence-electron chi connectivity index (χ0n) is 29.7. The molecule has 7 nitrogen and oxygen atoms in total. The molecule has 1 fully saturated rings. The third-order valence-electron chi connectivity index (χ3n) is 6.93. The lowest BCUT2D eigenvalue weighted by Crippen LogP contribution is -2.69. The van der Waals surface area contributed by atoms with Crippen molar-refractivity contribution in [1.82, 2.24) is 0 Å². The summed E-state index contributed by atoms with van der Waals surface area (Å²) in [4.78, 5) is 0. The highest BCUT2D eigenvalue weighted by molar-refractivity contribution is 6.71. The van der Waals surface area contributed by atoms with Crippen LogP contribution in [0.2, 0.25) is 83.6 Å². The minimum atomic E-state index is -2.25. The Bertz CT molecular complexity index is 1250. The zero-order chi connectivity index (χ0) is 34.0. The van der Waals surface area contributed by atoms with Gasteiger partial charge in [0.25, 0.3) is 0 Å². The Morgan fingerprint density at radius 1 is 0.756 bits per heavy atom. The maximum Gasteiger partial charge on any atom is 0.221 e. The van der Waals surface area contributed by atoms with Gasteiger partial charge in [0.05, 0.1) is 13.2 Å². The van der Waals surface area contributed by atoms with Crippen molar-refractivity contribution in [3.05, 3.63) is 64.2 Å². The molecule has 0 spiro atoms. The molecule has 254 valence electrons. The minimum absolute atomic E-state index is 0.283. The van der Waals surface area contributed by atoms with Crippen LogP contribution in [0.1, 0.15) is 23.6 Å². The minimum Gasteiger partial charge on any atom is -0.494 e. The SMILES string of the molecule is CCOc1ccc(Cc2cc([C@]3(O)O[C@H](CO[Si](C)(C)C)C(O[Si](C)(C)C)C(O[Si](C)(C)C)C3O[Si](C)(C)C)ccc2Cl)cc1. The van der Waals surface area contributed by atoms with Crippen LogP contribution in [0, 0.1) is 0 Å². The van der Waals surface area contributed by atoms with Gasteiger partial charge in [-0.25, -0.2) is 0 Å². The van der Waals surface area contributed by atoms with Crippen molar-refractivity contribution in [2.75, 3.05) is 13.2 Å². The largest absolute Gasteiger partial charge is 0.494 e. The van der Waals surface area contributed by atoms with Gasteiger partial charge in [0, 0.05) is 10.6 Å². The average Bonchev–Trinajstić information content (AvgIpc) is 2.87. The van der Waals surface area contributed by atoms with Gasteiger partial charge in [-0.3, -0.25) is 0 Å². The topological polar surface area (TPSA) is 75.6 Å². The van der Waals surface area contributed by atoms with Crippen LogP contribution in [0.5, 0.6) is 5.75 Å². The maximum absolute atomic E-state index is 12.9. The van der Waals surface area contributed by atoms with Gasteiger partial charge in [0.2, 0.25) is 5.79 Å². The molecular weight excluding hydrogens is 656 g/mol. The van der Waals surface area contributed by atoms with Crippen LogP contribution in [0.15, 0.2) is 42.5 Å². The first-order valence-electron chi connectivity index (χ1n) is 16.1. The Hall–Kier alpha value is -0.842. The Kier molecular flexibility index (Phi) is 12.6. The van der Waals surface area contributed by atoms with Crippen LogP contribution in [-0.2, 0) is 34.6 Å². The van der Waals surface area contributed by atoms with Gasteiger partial charge < -0.3 is 32.3 Å². The van der Waals surface area contributed by atoms with Crippen molar-refractivity contribution >= 4 is 44.9 Å². The van der Waals surface area contributed by atoms with Gasteiger partial charge >= 0.3 is 0 Å². The van der Waals surface area contributed by atoms with E-state index in [1.165, 1.54) is 0 Å². The summed E-state index contributed by atoms with van der Waals surface area (Å²) in [6.07, 6.45) is -1.89. The van der Waals surface area contributed by atoms with Crippen LogP contribution < -0.4 is 4.74 Å². The van der Waals surface area contributed by atoms with Crippen LogP contribution in [0.3, 0.4) is 0 Å². The molecular formula is C33H57ClO7Si4. The summed E-state index contributed by atoms with van der Waals surface area (Å²) in [6.45, 7) is 28.6. The lowest BCUT2D eigenvalue weighted by Gasteiger charge is -2.54. The van der Waals surface area contributed by atoms with E-state index in [9.17, 15) is 5.11 Å². The van der Waals surface area contributed by atoms with E-state index in [1.807, 2.05) is 49.4 Å². The molecule has 3 unspecified atom stereocenters. The van der Waals surface area contributed by atoms with Crippen LogP contribution in [0.4, 0.5) is 0 Å². The number of hydrogen-bond donors (Lipinski definition) is 1. The highest BCUT2D eigenvalue weighted by Crippen LogP contribution is 2.44. The summed E-state index contributed by atoms with van der Waals surface area (Å²) in [7, 11) is -8.46. The lowest BCUT2D eigenvalue weighted by molar-refractivity contribution is -0.348. The number of aliphatic hydroxyl groups is 1. The van der Waals surface area contributed by atoms with Crippen molar-refractivity contribution in [2.45, 2.75) is 122 Å². The Balaban J connectivity index is 2.18. The summed E-state index contributed by atoms with van der Waals surface area (Å²) in [5.41, 5.74) is 2.53. The third-order valence-corrected chi connectivity index (χ3v) is 11.3. The second-order valence-corrected chi connectivity index (χ2v) is 34.2. The molecule has 2 aromatic rings. The van der Waals surface area contributed by atoms with Gasteiger partial charge in [-0.15, -0.1) is 0 Å². The molecule has 5 atom stereocenters. The number of halogens is 1. The smallest absolute Gasteiger partial charge is 0.221 e. The van der Waals surface area contributed by atoms with Gasteiger partial charge in [-0.2, -0.15) is 0 Å². The first-order chi connectivity index (χ1) is 20.5. The third kappa shape index (κ3) is 11.7. The second kappa shape index (κ2) is 14.7. The molecule has 0 aromatic heterocycles. The predicted molar refractivity (Wildman–Crippen MR) is 195 cm³/mol. The molecule has 1 heterocycles. The summed E-state index contributed by atoms with van der Waals surface area (Å²) in [5, 5.41) is 13.5. The normalized spacial score (nSPS) is 25.0. The van der Waals surface area contributed by atoms with Crippen molar-refractivity contribution in [3.8, 4) is 5.75 Å². The van der Waals surface area contributed by atoms with E-state index >= 15 is 0 Å². The monoisotopic (exact) mass is 712 g/mol. The fraction of sp³-hybridized carbons (Fsp3) is 0.636. The van der Waals surface area contributed by atoms with Crippen molar-refractivity contribution in [1.29, 1.82) is 0 Å². The summed E-state index contributed by atoms with van der Waals surface area (Å²) in [6, 6.07) is 13.6. The van der Waals surface area contributed by atoms with Crippen LogP contribution in [0.25, 0.3) is 0 Å². The molecule has 0 amide bonds. The fourth-order valence-electron chi connectivity index (χ4n) is 5.30. The molecule has 1 N–H and O–H groups in total. The number of rotatable bonds is 14. The standard InChI is InChI=1S/C33H57ClO7Si4/c1-14-36-27-18-15-24(16-19-27)21-25-22-26(17-20-28(25)34)33(35)32(41-45(11,12)13)31(40-44(8,9)10)30(39-43(5,6)7)29(38-33)23-37-42(2,3)4/h15-20,22,29-32,35H,14,21,23H2,1-13H3/t29-,30?,31?,32?,33+/m1/s1. The van der Waals surface area contributed by atoms with E-state index in [0.717, 1.165) is 16.9 Å². The molecule has 1 aliphatic rings. The molecule has 0 bridgehead atoms. The van der Waals surface area contributed by atoms with Crippen molar-refractivity contribution in [2.24, 2.45) is 0 Å². The van der Waals surface area contributed by atoms with Crippen molar-refractivity contribution in [3.63, 3.8) is 0 Å². The van der Waals surface area contributed by atoms with Gasteiger partial charge in [-0.1, -0.05) is 29.8 Å². The molecule has 12 heteroatoms. The van der Waals surface area contributed by atoms with E-state index in [0.29, 0.717) is 23.6 Å². The molecule has 1 saturated heterocycles. The predicted octanol–water partition coefficient (Wildman–Crippen LogP) is 8.39.